The van der Waals surface area contributed by atoms with E-state index in [0.29, 0.717) is 19.8 Å². The summed E-state index contributed by atoms with van der Waals surface area (Å²) in [5.41, 5.74) is 0.130. The summed E-state index contributed by atoms with van der Waals surface area (Å²) in [6.45, 7) is 8.92. The Morgan fingerprint density at radius 2 is 2.20 bits per heavy atom. The predicted molar refractivity (Wildman–Crippen MR) is 62.3 cm³/mol. The van der Waals surface area contributed by atoms with Gasteiger partial charge in [-0.3, -0.25) is 4.79 Å². The van der Waals surface area contributed by atoms with E-state index in [2.05, 4.69) is 31.4 Å². The molecule has 0 saturated carbocycles. The molecule has 1 saturated heterocycles. The number of hydrogen-bond acceptors (Lipinski definition) is 3. The average Bonchev–Trinajstić information content (AvgIpc) is 2.14. The van der Waals surface area contributed by atoms with Crippen molar-refractivity contribution < 1.29 is 9.53 Å². The molecular formula is C10H21ClN2O2. The molecule has 0 radical (unpaired) electrons. The first kappa shape index (κ1) is 14.7. The Hall–Kier alpha value is -0.320. The quantitative estimate of drug-likeness (QED) is 0.737. The van der Waals surface area contributed by atoms with Crippen molar-refractivity contribution in [2.75, 3.05) is 26.3 Å². The third-order valence-electron chi connectivity index (χ3n) is 2.03. The molecule has 1 unspecified atom stereocenters. The highest BCUT2D eigenvalue weighted by Gasteiger charge is 2.22. The fourth-order valence-electron chi connectivity index (χ4n) is 1.21. The van der Waals surface area contributed by atoms with E-state index >= 15 is 0 Å². The molecular weight excluding hydrogens is 216 g/mol. The molecule has 1 atom stereocenters. The number of ether oxygens (including phenoxy) is 1. The smallest absolute Gasteiger partial charge is 0.239 e. The molecule has 5 heteroatoms. The van der Waals surface area contributed by atoms with Crippen molar-refractivity contribution in [3.8, 4) is 0 Å². The van der Waals surface area contributed by atoms with Crippen LogP contribution in [0.2, 0.25) is 0 Å². The highest BCUT2D eigenvalue weighted by Crippen LogP contribution is 2.10. The predicted octanol–water partition coefficient (Wildman–Crippen LogP) is 0.559. The van der Waals surface area contributed by atoms with E-state index in [4.69, 9.17) is 4.74 Å². The normalized spacial score (nSPS) is 21.7. The second kappa shape index (κ2) is 6.30. The lowest BCUT2D eigenvalue weighted by atomic mass is 9.97. The van der Waals surface area contributed by atoms with Crippen LogP contribution in [0.5, 0.6) is 0 Å². The molecule has 4 nitrogen and oxygen atoms in total. The summed E-state index contributed by atoms with van der Waals surface area (Å²) >= 11 is 0. The topological polar surface area (TPSA) is 50.4 Å². The van der Waals surface area contributed by atoms with Gasteiger partial charge in [0.2, 0.25) is 5.91 Å². The Kier molecular flexibility index (Phi) is 6.17. The fourth-order valence-corrected chi connectivity index (χ4v) is 1.21. The van der Waals surface area contributed by atoms with Gasteiger partial charge in [-0.15, -0.1) is 12.4 Å². The van der Waals surface area contributed by atoms with Crippen LogP contribution in [0.1, 0.15) is 20.8 Å². The molecule has 1 amide bonds. The average molecular weight is 237 g/mol. The van der Waals surface area contributed by atoms with Gasteiger partial charge in [-0.1, -0.05) is 20.8 Å². The molecule has 0 aromatic carbocycles. The minimum Gasteiger partial charge on any atom is -0.378 e. The van der Waals surface area contributed by atoms with Gasteiger partial charge in [-0.05, 0) is 5.41 Å². The summed E-state index contributed by atoms with van der Waals surface area (Å²) < 4.78 is 5.21. The molecule has 1 fully saturated rings. The van der Waals surface area contributed by atoms with Crippen LogP contribution >= 0.6 is 12.4 Å². The minimum absolute atomic E-state index is 0. The van der Waals surface area contributed by atoms with Crippen molar-refractivity contribution >= 4 is 18.3 Å². The lowest BCUT2D eigenvalue weighted by Crippen LogP contribution is -2.52. The van der Waals surface area contributed by atoms with E-state index in [-0.39, 0.29) is 29.8 Å². The van der Waals surface area contributed by atoms with Gasteiger partial charge in [0.25, 0.3) is 0 Å². The van der Waals surface area contributed by atoms with Crippen molar-refractivity contribution in [2.24, 2.45) is 5.41 Å². The minimum atomic E-state index is -0.175. The standard InChI is InChI=1S/C10H20N2O2.ClH/c1-10(2,3)7-12-9(13)8-6-14-5-4-11-8;/h8,11H,4-7H2,1-3H3,(H,12,13);1H. The number of nitrogens with one attached hydrogen (secondary N) is 2. The van der Waals surface area contributed by atoms with Crippen molar-refractivity contribution in [3.05, 3.63) is 0 Å². The molecule has 1 aliphatic rings. The molecule has 1 heterocycles. The monoisotopic (exact) mass is 236 g/mol. The molecule has 0 spiro atoms. The maximum atomic E-state index is 11.6. The molecule has 15 heavy (non-hydrogen) atoms. The number of rotatable bonds is 2. The van der Waals surface area contributed by atoms with E-state index in [1.165, 1.54) is 0 Å². The third kappa shape index (κ3) is 5.97. The SMILES string of the molecule is CC(C)(C)CNC(=O)C1COCCN1.Cl. The van der Waals surface area contributed by atoms with Crippen LogP contribution in [0.3, 0.4) is 0 Å². The molecule has 1 rings (SSSR count). The molecule has 0 aromatic heterocycles. The van der Waals surface area contributed by atoms with E-state index in [9.17, 15) is 4.79 Å². The number of amides is 1. The Balaban J connectivity index is 0.00000196. The second-order valence-electron chi connectivity index (χ2n) is 4.86. The van der Waals surface area contributed by atoms with Gasteiger partial charge in [-0.25, -0.2) is 0 Å². The highest BCUT2D eigenvalue weighted by molar-refractivity contribution is 5.85. The second-order valence-corrected chi connectivity index (χ2v) is 4.86. The van der Waals surface area contributed by atoms with Crippen LogP contribution in [-0.4, -0.2) is 38.3 Å². The van der Waals surface area contributed by atoms with Gasteiger partial charge in [0.05, 0.1) is 13.2 Å². The largest absolute Gasteiger partial charge is 0.378 e. The van der Waals surface area contributed by atoms with Gasteiger partial charge in [0, 0.05) is 13.1 Å². The maximum absolute atomic E-state index is 11.6. The first-order valence-corrected chi connectivity index (χ1v) is 5.08. The fraction of sp³-hybridized carbons (Fsp3) is 0.900. The molecule has 1 aliphatic heterocycles. The number of hydrogen-bond donors (Lipinski definition) is 2. The lowest BCUT2D eigenvalue weighted by molar-refractivity contribution is -0.126. The molecule has 90 valence electrons. The van der Waals surface area contributed by atoms with E-state index in [0.717, 1.165) is 6.54 Å². The number of carbonyl (C=O) groups excluding carboxylic acids is 1. The van der Waals surface area contributed by atoms with Crippen LogP contribution in [0.25, 0.3) is 0 Å². The first-order valence-electron chi connectivity index (χ1n) is 5.08. The molecule has 2 N–H and O–H groups in total. The number of halogens is 1. The van der Waals surface area contributed by atoms with Crippen molar-refractivity contribution in [1.82, 2.24) is 10.6 Å². The summed E-state index contributed by atoms with van der Waals surface area (Å²) in [5.74, 6) is 0.0413. The van der Waals surface area contributed by atoms with Crippen LogP contribution < -0.4 is 10.6 Å². The van der Waals surface area contributed by atoms with Crippen molar-refractivity contribution in [2.45, 2.75) is 26.8 Å². The molecule has 0 bridgehead atoms. The molecule has 0 aliphatic carbocycles. The van der Waals surface area contributed by atoms with Crippen LogP contribution in [-0.2, 0) is 9.53 Å². The van der Waals surface area contributed by atoms with Crippen LogP contribution in [0.15, 0.2) is 0 Å². The van der Waals surface area contributed by atoms with E-state index < -0.39 is 0 Å². The van der Waals surface area contributed by atoms with Gasteiger partial charge >= 0.3 is 0 Å². The first-order chi connectivity index (χ1) is 6.49. The zero-order valence-corrected chi connectivity index (χ0v) is 10.4. The zero-order chi connectivity index (χ0) is 10.6. The summed E-state index contributed by atoms with van der Waals surface area (Å²) in [6.07, 6.45) is 0. The van der Waals surface area contributed by atoms with Crippen molar-refractivity contribution in [3.63, 3.8) is 0 Å². The highest BCUT2D eigenvalue weighted by atomic mass is 35.5. The maximum Gasteiger partial charge on any atom is 0.239 e. The lowest BCUT2D eigenvalue weighted by Gasteiger charge is -2.25. The van der Waals surface area contributed by atoms with Gasteiger partial charge in [-0.2, -0.15) is 0 Å². The summed E-state index contributed by atoms with van der Waals surface area (Å²) in [6, 6.07) is -0.175. The third-order valence-corrected chi connectivity index (χ3v) is 2.03. The van der Waals surface area contributed by atoms with E-state index in [1.807, 2.05) is 0 Å². The summed E-state index contributed by atoms with van der Waals surface area (Å²) in [5, 5.41) is 6.03. The van der Waals surface area contributed by atoms with Gasteiger partial charge in [0.15, 0.2) is 0 Å². The number of morpholine rings is 1. The molecule has 0 aromatic rings. The Labute approximate surface area is 97.5 Å². The van der Waals surface area contributed by atoms with Crippen LogP contribution in [0, 0.1) is 5.41 Å². The Bertz CT molecular complexity index is 198. The van der Waals surface area contributed by atoms with Crippen molar-refractivity contribution in [1.29, 1.82) is 0 Å². The zero-order valence-electron chi connectivity index (χ0n) is 9.63. The van der Waals surface area contributed by atoms with Gasteiger partial charge in [0.1, 0.15) is 6.04 Å². The Morgan fingerprint density at radius 3 is 2.67 bits per heavy atom. The van der Waals surface area contributed by atoms with Crippen LogP contribution in [0.4, 0.5) is 0 Å². The van der Waals surface area contributed by atoms with Gasteiger partial charge < -0.3 is 15.4 Å². The summed E-state index contributed by atoms with van der Waals surface area (Å²) in [4.78, 5) is 11.6. The Morgan fingerprint density at radius 1 is 1.53 bits per heavy atom. The number of carbonyl (C=O) groups is 1. The summed E-state index contributed by atoms with van der Waals surface area (Å²) in [7, 11) is 0. The van der Waals surface area contributed by atoms with E-state index in [1.54, 1.807) is 0 Å².